The number of fused-ring (bicyclic) bond motifs is 1. The summed E-state index contributed by atoms with van der Waals surface area (Å²) in [5.74, 6) is 0. The molecule has 1 heterocycles. The number of aliphatic hydroxyl groups excluding tert-OH is 1. The smallest absolute Gasteiger partial charge is 0.315 e. The summed E-state index contributed by atoms with van der Waals surface area (Å²) >= 11 is 1.60. The first-order chi connectivity index (χ1) is 9.37. The molecule has 1 aromatic heterocycles. The molecule has 0 saturated carbocycles. The molecule has 0 spiro atoms. The maximum absolute atomic E-state index is 11.7. The second kappa shape index (κ2) is 5.81. The van der Waals surface area contributed by atoms with Gasteiger partial charge in [-0.3, -0.25) is 0 Å². The Morgan fingerprint density at radius 2 is 2.05 bits per heavy atom. The first-order valence-corrected chi connectivity index (χ1v) is 7.45. The molecule has 108 valence electrons. The van der Waals surface area contributed by atoms with Crippen molar-refractivity contribution in [1.29, 1.82) is 0 Å². The Bertz CT molecular complexity index is 601. The van der Waals surface area contributed by atoms with E-state index < -0.39 is 6.10 Å². The standard InChI is InChI=1S/C15H20N2O2S/c1-15(2,3)17-14(19)16-8-12(18)11-9-20-13-7-5-4-6-10(11)13/h4-7,9,12,18H,8H2,1-3H3,(H2,16,17,19)/t12-/m1/s1. The van der Waals surface area contributed by atoms with E-state index in [0.717, 1.165) is 15.6 Å². The maximum Gasteiger partial charge on any atom is 0.315 e. The number of carbonyl (C=O) groups is 1. The van der Waals surface area contributed by atoms with Gasteiger partial charge in [-0.25, -0.2) is 4.79 Å². The van der Waals surface area contributed by atoms with E-state index in [9.17, 15) is 9.90 Å². The fraction of sp³-hybridized carbons (Fsp3) is 0.400. The van der Waals surface area contributed by atoms with Gasteiger partial charge < -0.3 is 15.7 Å². The van der Waals surface area contributed by atoms with Crippen molar-refractivity contribution in [1.82, 2.24) is 10.6 Å². The summed E-state index contributed by atoms with van der Waals surface area (Å²) in [4.78, 5) is 11.7. The zero-order chi connectivity index (χ0) is 14.8. The monoisotopic (exact) mass is 292 g/mol. The van der Waals surface area contributed by atoms with Gasteiger partial charge in [-0.2, -0.15) is 0 Å². The van der Waals surface area contributed by atoms with E-state index in [1.54, 1.807) is 11.3 Å². The summed E-state index contributed by atoms with van der Waals surface area (Å²) in [6, 6.07) is 7.67. The minimum Gasteiger partial charge on any atom is -0.387 e. The Hall–Kier alpha value is -1.59. The van der Waals surface area contributed by atoms with E-state index in [4.69, 9.17) is 0 Å². The number of rotatable bonds is 3. The highest BCUT2D eigenvalue weighted by Gasteiger charge is 2.16. The molecule has 4 nitrogen and oxygen atoms in total. The van der Waals surface area contributed by atoms with E-state index in [0.29, 0.717) is 0 Å². The summed E-state index contributed by atoms with van der Waals surface area (Å²) in [6.07, 6.45) is -0.697. The Labute approximate surface area is 122 Å². The molecule has 0 aliphatic rings. The Morgan fingerprint density at radius 3 is 2.75 bits per heavy atom. The van der Waals surface area contributed by atoms with Crippen LogP contribution in [0.3, 0.4) is 0 Å². The number of hydrogen-bond acceptors (Lipinski definition) is 3. The normalized spacial score (nSPS) is 13.2. The summed E-state index contributed by atoms with van der Waals surface area (Å²) in [5, 5.41) is 18.7. The van der Waals surface area contributed by atoms with E-state index >= 15 is 0 Å². The first kappa shape index (κ1) is 14.8. The number of benzene rings is 1. The quantitative estimate of drug-likeness (QED) is 0.814. The van der Waals surface area contributed by atoms with Crippen molar-refractivity contribution in [2.24, 2.45) is 0 Å². The lowest BCUT2D eigenvalue weighted by molar-refractivity contribution is 0.173. The minimum atomic E-state index is -0.697. The lowest BCUT2D eigenvalue weighted by Gasteiger charge is -2.21. The van der Waals surface area contributed by atoms with Crippen LogP contribution in [0.25, 0.3) is 10.1 Å². The average Bonchev–Trinajstić information content (AvgIpc) is 2.78. The number of aliphatic hydroxyl groups is 1. The molecule has 2 rings (SSSR count). The van der Waals surface area contributed by atoms with Crippen LogP contribution in [-0.4, -0.2) is 23.2 Å². The second-order valence-electron chi connectivity index (χ2n) is 5.79. The van der Waals surface area contributed by atoms with Gasteiger partial charge in [0.1, 0.15) is 0 Å². The van der Waals surface area contributed by atoms with Crippen LogP contribution in [0.1, 0.15) is 32.4 Å². The molecule has 0 bridgehead atoms. The molecule has 2 aromatic rings. The average molecular weight is 292 g/mol. The molecule has 1 aromatic carbocycles. The Morgan fingerprint density at radius 1 is 1.35 bits per heavy atom. The molecule has 0 aliphatic heterocycles. The third kappa shape index (κ3) is 3.71. The summed E-state index contributed by atoms with van der Waals surface area (Å²) in [7, 11) is 0. The van der Waals surface area contributed by atoms with E-state index in [2.05, 4.69) is 10.6 Å². The van der Waals surface area contributed by atoms with Crippen LogP contribution in [0.5, 0.6) is 0 Å². The number of nitrogens with one attached hydrogen (secondary N) is 2. The van der Waals surface area contributed by atoms with Crippen molar-refractivity contribution in [3.8, 4) is 0 Å². The highest BCUT2D eigenvalue weighted by molar-refractivity contribution is 7.17. The van der Waals surface area contributed by atoms with Crippen molar-refractivity contribution >= 4 is 27.5 Å². The second-order valence-corrected chi connectivity index (χ2v) is 6.70. The fourth-order valence-electron chi connectivity index (χ4n) is 1.94. The van der Waals surface area contributed by atoms with Crippen molar-refractivity contribution in [3.63, 3.8) is 0 Å². The zero-order valence-corrected chi connectivity index (χ0v) is 12.8. The third-order valence-electron chi connectivity index (χ3n) is 2.81. The van der Waals surface area contributed by atoms with Gasteiger partial charge in [0.15, 0.2) is 0 Å². The molecule has 0 saturated heterocycles. The molecular weight excluding hydrogens is 272 g/mol. The molecule has 0 radical (unpaired) electrons. The van der Waals surface area contributed by atoms with Gasteiger partial charge in [0.25, 0.3) is 0 Å². The van der Waals surface area contributed by atoms with Crippen LogP contribution in [0.2, 0.25) is 0 Å². The van der Waals surface area contributed by atoms with Crippen LogP contribution in [0.15, 0.2) is 29.6 Å². The SMILES string of the molecule is CC(C)(C)NC(=O)NC[C@@H](O)c1csc2ccccc12. The van der Waals surface area contributed by atoms with Crippen molar-refractivity contribution in [3.05, 3.63) is 35.2 Å². The maximum atomic E-state index is 11.7. The van der Waals surface area contributed by atoms with E-state index in [-0.39, 0.29) is 18.1 Å². The predicted octanol–water partition coefficient (Wildman–Crippen LogP) is 3.03. The van der Waals surface area contributed by atoms with Gasteiger partial charge in [0, 0.05) is 22.3 Å². The van der Waals surface area contributed by atoms with Crippen LogP contribution in [-0.2, 0) is 0 Å². The molecule has 2 amide bonds. The van der Waals surface area contributed by atoms with E-state index in [1.165, 1.54) is 0 Å². The molecule has 0 fully saturated rings. The summed E-state index contributed by atoms with van der Waals surface area (Å²) in [5.41, 5.74) is 0.575. The number of urea groups is 1. The predicted molar refractivity (Wildman–Crippen MR) is 83.1 cm³/mol. The topological polar surface area (TPSA) is 61.4 Å². The highest BCUT2D eigenvalue weighted by atomic mass is 32.1. The lowest BCUT2D eigenvalue weighted by Crippen LogP contribution is -2.47. The van der Waals surface area contributed by atoms with Crippen LogP contribution in [0, 0.1) is 0 Å². The number of thiophene rings is 1. The molecular formula is C15H20N2O2S. The van der Waals surface area contributed by atoms with Gasteiger partial charge in [0.05, 0.1) is 6.10 Å². The summed E-state index contributed by atoms with van der Waals surface area (Å²) in [6.45, 7) is 5.93. The van der Waals surface area contributed by atoms with Gasteiger partial charge in [-0.05, 0) is 37.6 Å². The number of carbonyl (C=O) groups excluding carboxylic acids is 1. The van der Waals surface area contributed by atoms with Gasteiger partial charge >= 0.3 is 6.03 Å². The number of hydrogen-bond donors (Lipinski definition) is 3. The van der Waals surface area contributed by atoms with Gasteiger partial charge in [-0.1, -0.05) is 18.2 Å². The van der Waals surface area contributed by atoms with Crippen molar-refractivity contribution in [2.75, 3.05) is 6.54 Å². The van der Waals surface area contributed by atoms with Crippen LogP contribution < -0.4 is 10.6 Å². The van der Waals surface area contributed by atoms with E-state index in [1.807, 2.05) is 50.4 Å². The molecule has 0 aliphatic carbocycles. The van der Waals surface area contributed by atoms with Crippen LogP contribution in [0.4, 0.5) is 4.79 Å². The van der Waals surface area contributed by atoms with Gasteiger partial charge in [-0.15, -0.1) is 11.3 Å². The Kier molecular flexibility index (Phi) is 4.30. The van der Waals surface area contributed by atoms with Crippen molar-refractivity contribution < 1.29 is 9.90 Å². The molecule has 5 heteroatoms. The molecule has 3 N–H and O–H groups in total. The molecule has 1 atom stereocenters. The zero-order valence-electron chi connectivity index (χ0n) is 11.9. The lowest BCUT2D eigenvalue weighted by atomic mass is 10.1. The number of amides is 2. The fourth-order valence-corrected chi connectivity index (χ4v) is 2.95. The molecule has 20 heavy (non-hydrogen) atoms. The van der Waals surface area contributed by atoms with Gasteiger partial charge in [0.2, 0.25) is 0 Å². The van der Waals surface area contributed by atoms with Crippen molar-refractivity contribution in [2.45, 2.75) is 32.4 Å². The minimum absolute atomic E-state index is 0.197. The van der Waals surface area contributed by atoms with Crippen LogP contribution >= 0.6 is 11.3 Å². The highest BCUT2D eigenvalue weighted by Crippen LogP contribution is 2.29. The largest absolute Gasteiger partial charge is 0.387 e. The molecule has 0 unspecified atom stereocenters. The Balaban J connectivity index is 1.99. The first-order valence-electron chi connectivity index (χ1n) is 6.57. The third-order valence-corrected chi connectivity index (χ3v) is 3.80. The summed E-state index contributed by atoms with van der Waals surface area (Å²) < 4.78 is 1.14.